The number of carbonyl (C=O) groups is 3. The van der Waals surface area contributed by atoms with E-state index in [2.05, 4.69) is 15.3 Å². The van der Waals surface area contributed by atoms with Gasteiger partial charge in [-0.2, -0.15) is 0 Å². The number of azide groups is 1. The van der Waals surface area contributed by atoms with Gasteiger partial charge in [-0.15, -0.1) is 0 Å². The van der Waals surface area contributed by atoms with Crippen molar-refractivity contribution in [3.63, 3.8) is 0 Å². The number of nitrogens with zero attached hydrogens (tertiary/aromatic N) is 4. The highest BCUT2D eigenvalue weighted by Crippen LogP contribution is 2.33. The Morgan fingerprint density at radius 1 is 1.00 bits per heavy atom. The highest BCUT2D eigenvalue weighted by atomic mass is 16.5. The van der Waals surface area contributed by atoms with Gasteiger partial charge in [-0.05, 0) is 22.2 Å². The molecule has 4 rings (SSSR count). The number of hydrogen-bond acceptors (Lipinski definition) is 5. The van der Waals surface area contributed by atoms with Crippen LogP contribution in [0.25, 0.3) is 10.4 Å². The van der Waals surface area contributed by atoms with Crippen LogP contribution in [0.4, 0.5) is 5.69 Å². The number of ether oxygens (including phenoxy) is 1. The molecule has 176 valence electrons. The number of hydrogen-bond donors (Lipinski definition) is 1. The molecule has 1 saturated heterocycles. The van der Waals surface area contributed by atoms with Gasteiger partial charge in [0.2, 0.25) is 11.8 Å². The lowest BCUT2D eigenvalue weighted by Gasteiger charge is -2.43. The van der Waals surface area contributed by atoms with E-state index in [9.17, 15) is 14.4 Å². The summed E-state index contributed by atoms with van der Waals surface area (Å²) in [5, 5.41) is 6.37. The number of rotatable bonds is 9. The fourth-order valence-electron chi connectivity index (χ4n) is 3.87. The predicted molar refractivity (Wildman–Crippen MR) is 128 cm³/mol. The highest BCUT2D eigenvalue weighted by molar-refractivity contribution is 5.99. The van der Waals surface area contributed by atoms with Crippen molar-refractivity contribution in [2.45, 2.75) is 31.7 Å². The number of benzene rings is 3. The fourth-order valence-corrected chi connectivity index (χ4v) is 3.87. The SMILES string of the molecule is [N-]=[N+]=Nc1ccc(CNC(=O)C(c2ccccc2)N2C(=O)CC2C(=O)OCc2ccccc2)cc1. The van der Waals surface area contributed by atoms with E-state index >= 15 is 0 Å². The molecule has 3 aromatic rings. The summed E-state index contributed by atoms with van der Waals surface area (Å²) in [6, 6.07) is 23.1. The third kappa shape index (κ3) is 5.66. The van der Waals surface area contributed by atoms with Gasteiger partial charge >= 0.3 is 5.97 Å². The fraction of sp³-hybridized carbons (Fsp3) is 0.192. The topological polar surface area (TPSA) is 124 Å². The normalized spacial score (nSPS) is 15.4. The zero-order chi connectivity index (χ0) is 24.6. The first-order valence-corrected chi connectivity index (χ1v) is 11.1. The van der Waals surface area contributed by atoms with Crippen molar-refractivity contribution in [2.24, 2.45) is 5.11 Å². The molecule has 1 aliphatic rings. The minimum Gasteiger partial charge on any atom is -0.459 e. The van der Waals surface area contributed by atoms with Crippen LogP contribution in [0.15, 0.2) is 90.0 Å². The molecule has 1 N–H and O–H groups in total. The number of amides is 2. The Labute approximate surface area is 202 Å². The monoisotopic (exact) mass is 469 g/mol. The lowest BCUT2D eigenvalue weighted by Crippen LogP contribution is -2.60. The minimum atomic E-state index is -0.978. The third-order valence-corrected chi connectivity index (χ3v) is 5.69. The number of likely N-dealkylation sites (tertiary alicyclic amines) is 1. The van der Waals surface area contributed by atoms with E-state index in [4.69, 9.17) is 10.3 Å². The lowest BCUT2D eigenvalue weighted by atomic mass is 9.94. The average molecular weight is 470 g/mol. The van der Waals surface area contributed by atoms with Crippen LogP contribution in [0.1, 0.15) is 29.2 Å². The van der Waals surface area contributed by atoms with Crippen molar-refractivity contribution in [1.29, 1.82) is 0 Å². The summed E-state index contributed by atoms with van der Waals surface area (Å²) >= 11 is 0. The van der Waals surface area contributed by atoms with Gasteiger partial charge < -0.3 is 15.0 Å². The Hall–Kier alpha value is -4.62. The third-order valence-electron chi connectivity index (χ3n) is 5.69. The van der Waals surface area contributed by atoms with Crippen LogP contribution >= 0.6 is 0 Å². The summed E-state index contributed by atoms with van der Waals surface area (Å²) in [4.78, 5) is 42.7. The van der Waals surface area contributed by atoms with Crippen molar-refractivity contribution < 1.29 is 19.1 Å². The summed E-state index contributed by atoms with van der Waals surface area (Å²) in [6.07, 6.45) is -0.00882. The molecule has 9 heteroatoms. The minimum absolute atomic E-state index is 0.00882. The molecule has 1 fully saturated rings. The first-order chi connectivity index (χ1) is 17.1. The molecule has 1 aliphatic heterocycles. The number of carbonyl (C=O) groups excluding carboxylic acids is 3. The van der Waals surface area contributed by atoms with Crippen LogP contribution in [0.5, 0.6) is 0 Å². The Morgan fingerprint density at radius 3 is 2.29 bits per heavy atom. The smallest absolute Gasteiger partial charge is 0.329 e. The van der Waals surface area contributed by atoms with Crippen molar-refractivity contribution in [3.05, 3.63) is 112 Å². The zero-order valence-electron chi connectivity index (χ0n) is 18.8. The van der Waals surface area contributed by atoms with Gasteiger partial charge in [0.25, 0.3) is 0 Å². The molecular formula is C26H23N5O4. The van der Waals surface area contributed by atoms with Gasteiger partial charge in [-0.25, -0.2) is 4.79 Å². The molecule has 2 amide bonds. The molecule has 0 aliphatic carbocycles. The molecule has 0 saturated carbocycles. The molecule has 9 nitrogen and oxygen atoms in total. The zero-order valence-corrected chi connectivity index (χ0v) is 18.8. The summed E-state index contributed by atoms with van der Waals surface area (Å²) in [5.74, 6) is -1.26. The molecule has 0 spiro atoms. The molecule has 2 atom stereocenters. The quantitative estimate of drug-likeness (QED) is 0.165. The van der Waals surface area contributed by atoms with Crippen molar-refractivity contribution >= 4 is 23.5 Å². The summed E-state index contributed by atoms with van der Waals surface area (Å²) in [5.41, 5.74) is 11.2. The first kappa shape index (κ1) is 23.5. The van der Waals surface area contributed by atoms with Crippen LogP contribution < -0.4 is 5.32 Å². The van der Waals surface area contributed by atoms with Gasteiger partial charge in [0.15, 0.2) is 0 Å². The second-order valence-corrected chi connectivity index (χ2v) is 8.00. The Kier molecular flexibility index (Phi) is 7.40. The lowest BCUT2D eigenvalue weighted by molar-refractivity contribution is -0.172. The Morgan fingerprint density at radius 2 is 1.66 bits per heavy atom. The van der Waals surface area contributed by atoms with Crippen LogP contribution in [0, 0.1) is 0 Å². The van der Waals surface area contributed by atoms with Crippen molar-refractivity contribution in [3.8, 4) is 0 Å². The molecule has 1 heterocycles. The largest absolute Gasteiger partial charge is 0.459 e. The second-order valence-electron chi connectivity index (χ2n) is 8.00. The Balaban J connectivity index is 1.48. The molecule has 3 aromatic carbocycles. The van der Waals surface area contributed by atoms with E-state index < -0.39 is 24.0 Å². The van der Waals surface area contributed by atoms with Crippen LogP contribution in [0.2, 0.25) is 0 Å². The first-order valence-electron chi connectivity index (χ1n) is 11.1. The van der Waals surface area contributed by atoms with E-state index in [0.29, 0.717) is 11.3 Å². The van der Waals surface area contributed by atoms with Crippen LogP contribution in [-0.2, 0) is 32.3 Å². The van der Waals surface area contributed by atoms with Gasteiger partial charge in [0, 0.05) is 17.1 Å². The van der Waals surface area contributed by atoms with E-state index in [1.54, 1.807) is 48.5 Å². The van der Waals surface area contributed by atoms with Crippen molar-refractivity contribution in [2.75, 3.05) is 0 Å². The predicted octanol–water partition coefficient (Wildman–Crippen LogP) is 4.33. The molecular weight excluding hydrogens is 446 g/mol. The highest BCUT2D eigenvalue weighted by Gasteiger charge is 2.48. The van der Waals surface area contributed by atoms with E-state index in [1.807, 2.05) is 36.4 Å². The average Bonchev–Trinajstić information content (AvgIpc) is 2.89. The summed E-state index contributed by atoms with van der Waals surface area (Å²) < 4.78 is 5.44. The molecule has 0 radical (unpaired) electrons. The van der Waals surface area contributed by atoms with E-state index in [-0.39, 0.29) is 25.5 Å². The molecule has 2 unspecified atom stereocenters. The second kappa shape index (κ2) is 11.0. The number of β-lactam (4-membered cyclic amide) rings is 1. The number of esters is 1. The van der Waals surface area contributed by atoms with E-state index in [1.165, 1.54) is 4.90 Å². The Bertz CT molecular complexity index is 1240. The summed E-state index contributed by atoms with van der Waals surface area (Å²) in [6.45, 7) is 0.288. The van der Waals surface area contributed by atoms with Crippen molar-refractivity contribution in [1.82, 2.24) is 10.2 Å². The van der Waals surface area contributed by atoms with Gasteiger partial charge in [-0.1, -0.05) is 90.0 Å². The van der Waals surface area contributed by atoms with Gasteiger partial charge in [0.05, 0.1) is 6.42 Å². The van der Waals surface area contributed by atoms with Crippen LogP contribution in [0.3, 0.4) is 0 Å². The summed E-state index contributed by atoms with van der Waals surface area (Å²) in [7, 11) is 0. The number of nitrogens with one attached hydrogen (secondary N) is 1. The maximum absolute atomic E-state index is 13.3. The standard InChI is InChI=1S/C26H23N5O4/c27-30-29-21-13-11-18(12-14-21)16-28-25(33)24(20-9-5-2-6-10-20)31-22(15-23(31)32)26(34)35-17-19-7-3-1-4-8-19/h1-14,22,24H,15-17H2,(H,28,33). The molecule has 0 bridgehead atoms. The van der Waals surface area contributed by atoms with E-state index in [0.717, 1.165) is 11.1 Å². The maximum Gasteiger partial charge on any atom is 0.329 e. The maximum atomic E-state index is 13.3. The van der Waals surface area contributed by atoms with Crippen LogP contribution in [-0.4, -0.2) is 28.7 Å². The molecule has 0 aromatic heterocycles. The van der Waals surface area contributed by atoms with Gasteiger partial charge in [0.1, 0.15) is 18.7 Å². The molecule has 35 heavy (non-hydrogen) atoms. The van der Waals surface area contributed by atoms with Gasteiger partial charge in [-0.3, -0.25) is 9.59 Å².